The van der Waals surface area contributed by atoms with E-state index in [4.69, 9.17) is 9.84 Å². The van der Waals surface area contributed by atoms with Crippen molar-refractivity contribution in [2.75, 3.05) is 19.6 Å². The number of unbranched alkanes of at least 4 members (excludes halogenated alkanes) is 2. The summed E-state index contributed by atoms with van der Waals surface area (Å²) in [6.07, 6.45) is 1.79. The molecule has 0 aromatic heterocycles. The molecular weight excluding hydrogens is 384 g/mol. The first-order valence-corrected chi connectivity index (χ1v) is 10.9. The van der Waals surface area contributed by atoms with Crippen molar-refractivity contribution in [2.45, 2.75) is 56.6 Å². The highest BCUT2D eigenvalue weighted by Gasteiger charge is 2.32. The second kappa shape index (κ2) is 9.99. The number of aliphatic carboxylic acids is 1. The fourth-order valence-electron chi connectivity index (χ4n) is 3.14. The minimum Gasteiger partial charge on any atom is -0.481 e. The minimum atomic E-state index is -3.63. The van der Waals surface area contributed by atoms with Crippen molar-refractivity contribution >= 4 is 21.9 Å². The van der Waals surface area contributed by atoms with Crippen molar-refractivity contribution in [3.63, 3.8) is 0 Å². The average Bonchev–Trinajstić information content (AvgIpc) is 2.63. The maximum absolute atomic E-state index is 12.8. The second-order valence-electron chi connectivity index (χ2n) is 7.06. The van der Waals surface area contributed by atoms with Crippen LogP contribution >= 0.6 is 0 Å². The molecule has 0 radical (unpaired) electrons. The Morgan fingerprint density at radius 2 is 1.71 bits per heavy atom. The fourth-order valence-corrected chi connectivity index (χ4v) is 4.73. The number of rotatable bonds is 9. The van der Waals surface area contributed by atoms with Gasteiger partial charge in [-0.25, -0.2) is 8.42 Å². The van der Waals surface area contributed by atoms with Crippen LogP contribution in [0.1, 0.15) is 49.9 Å². The summed E-state index contributed by atoms with van der Waals surface area (Å²) in [7, 11) is -3.63. The fraction of sp³-hybridized carbons (Fsp3) is 0.579. The Bertz CT molecular complexity index is 768. The third-order valence-corrected chi connectivity index (χ3v) is 6.34. The first kappa shape index (κ1) is 22.3. The lowest BCUT2D eigenvalue weighted by Gasteiger charge is -2.34. The number of carboxylic acids is 1. The zero-order valence-corrected chi connectivity index (χ0v) is 17.1. The van der Waals surface area contributed by atoms with E-state index in [9.17, 15) is 18.0 Å². The van der Waals surface area contributed by atoms with E-state index in [1.54, 1.807) is 0 Å². The number of sulfonamides is 1. The number of nitrogens with one attached hydrogen (secondary N) is 1. The highest BCUT2D eigenvalue weighted by atomic mass is 32.2. The summed E-state index contributed by atoms with van der Waals surface area (Å²) >= 11 is 0. The summed E-state index contributed by atoms with van der Waals surface area (Å²) in [6, 6.07) is 5.89. The first-order valence-electron chi connectivity index (χ1n) is 9.46. The van der Waals surface area contributed by atoms with Gasteiger partial charge in [-0.15, -0.1) is 0 Å². The summed E-state index contributed by atoms with van der Waals surface area (Å²) in [5, 5.41) is 11.3. The Morgan fingerprint density at radius 1 is 1.11 bits per heavy atom. The van der Waals surface area contributed by atoms with Gasteiger partial charge in [-0.2, -0.15) is 4.31 Å². The molecule has 28 heavy (non-hydrogen) atoms. The Kier molecular flexibility index (Phi) is 7.97. The van der Waals surface area contributed by atoms with Crippen LogP contribution in [-0.4, -0.2) is 61.5 Å². The lowest BCUT2D eigenvalue weighted by atomic mass is 10.2. The number of morpholine rings is 1. The van der Waals surface area contributed by atoms with Crippen LogP contribution in [0.5, 0.6) is 0 Å². The van der Waals surface area contributed by atoms with Gasteiger partial charge >= 0.3 is 5.97 Å². The highest BCUT2D eigenvalue weighted by Crippen LogP contribution is 2.21. The molecule has 8 nitrogen and oxygen atoms in total. The average molecular weight is 413 g/mol. The number of nitrogens with zero attached hydrogens (tertiary/aromatic N) is 1. The number of ether oxygens (including phenoxy) is 1. The monoisotopic (exact) mass is 412 g/mol. The number of hydrogen-bond donors (Lipinski definition) is 2. The molecule has 2 atom stereocenters. The van der Waals surface area contributed by atoms with Gasteiger partial charge < -0.3 is 15.2 Å². The van der Waals surface area contributed by atoms with Crippen LogP contribution in [-0.2, 0) is 19.6 Å². The molecule has 0 aliphatic carbocycles. The molecule has 0 unspecified atom stereocenters. The van der Waals surface area contributed by atoms with Gasteiger partial charge in [0.05, 0.1) is 17.1 Å². The van der Waals surface area contributed by atoms with Crippen LogP contribution in [0.3, 0.4) is 0 Å². The first-order chi connectivity index (χ1) is 13.2. The molecule has 0 spiro atoms. The molecule has 2 N–H and O–H groups in total. The molecule has 0 bridgehead atoms. The number of benzene rings is 1. The van der Waals surface area contributed by atoms with Gasteiger partial charge in [-0.3, -0.25) is 9.59 Å². The van der Waals surface area contributed by atoms with Crippen molar-refractivity contribution < 1.29 is 27.9 Å². The molecule has 1 aromatic carbocycles. The number of amides is 1. The zero-order valence-electron chi connectivity index (χ0n) is 16.3. The molecular formula is C19H28N2O6S. The molecule has 1 aliphatic heterocycles. The molecule has 1 aliphatic rings. The van der Waals surface area contributed by atoms with E-state index in [1.165, 1.54) is 28.6 Å². The van der Waals surface area contributed by atoms with Crippen LogP contribution in [0.4, 0.5) is 0 Å². The van der Waals surface area contributed by atoms with E-state index >= 15 is 0 Å². The van der Waals surface area contributed by atoms with E-state index in [0.29, 0.717) is 38.0 Å². The Balaban J connectivity index is 1.89. The van der Waals surface area contributed by atoms with Crippen molar-refractivity contribution in [2.24, 2.45) is 0 Å². The van der Waals surface area contributed by atoms with Crippen molar-refractivity contribution in [3.8, 4) is 0 Å². The van der Waals surface area contributed by atoms with Crippen LogP contribution in [0.2, 0.25) is 0 Å². The molecule has 0 saturated carbocycles. The number of carbonyl (C=O) groups excluding carboxylic acids is 1. The lowest BCUT2D eigenvalue weighted by Crippen LogP contribution is -2.48. The largest absolute Gasteiger partial charge is 0.481 e. The number of hydrogen-bond acceptors (Lipinski definition) is 5. The van der Waals surface area contributed by atoms with Gasteiger partial charge in [0.15, 0.2) is 0 Å². The van der Waals surface area contributed by atoms with Gasteiger partial charge in [0.1, 0.15) is 0 Å². The molecule has 2 rings (SSSR count). The van der Waals surface area contributed by atoms with E-state index < -0.39 is 16.0 Å². The third-order valence-electron chi connectivity index (χ3n) is 4.49. The van der Waals surface area contributed by atoms with E-state index in [2.05, 4.69) is 5.32 Å². The van der Waals surface area contributed by atoms with Gasteiger partial charge in [-0.1, -0.05) is 6.42 Å². The van der Waals surface area contributed by atoms with E-state index in [1.807, 2.05) is 13.8 Å². The Morgan fingerprint density at radius 3 is 2.29 bits per heavy atom. The zero-order chi connectivity index (χ0) is 20.7. The summed E-state index contributed by atoms with van der Waals surface area (Å²) in [4.78, 5) is 22.7. The van der Waals surface area contributed by atoms with Gasteiger partial charge in [0.2, 0.25) is 10.0 Å². The van der Waals surface area contributed by atoms with Gasteiger partial charge in [-0.05, 0) is 51.0 Å². The standard InChI is InChI=1S/C19H28N2O6S/c1-14-12-21(13-15(2)27-14)28(25,26)17-9-7-16(8-10-17)19(24)20-11-5-3-4-6-18(22)23/h7-10,14-15H,3-6,11-13H2,1-2H3,(H,20,24)(H,22,23)/t14-,15-/m1/s1. The van der Waals surface area contributed by atoms with Crippen LogP contribution < -0.4 is 5.32 Å². The minimum absolute atomic E-state index is 0.130. The molecule has 156 valence electrons. The molecule has 1 heterocycles. The SMILES string of the molecule is C[C@@H]1CN(S(=O)(=O)c2ccc(C(=O)NCCCCCC(=O)O)cc2)C[C@@H](C)O1. The highest BCUT2D eigenvalue weighted by molar-refractivity contribution is 7.89. The van der Waals surface area contributed by atoms with Gasteiger partial charge in [0, 0.05) is 31.6 Å². The maximum Gasteiger partial charge on any atom is 0.303 e. The smallest absolute Gasteiger partial charge is 0.303 e. The third kappa shape index (κ3) is 6.29. The van der Waals surface area contributed by atoms with Crippen molar-refractivity contribution in [3.05, 3.63) is 29.8 Å². The predicted octanol–water partition coefficient (Wildman–Crippen LogP) is 1.86. The van der Waals surface area contributed by atoms with E-state index in [-0.39, 0.29) is 29.4 Å². The maximum atomic E-state index is 12.8. The predicted molar refractivity (Wildman–Crippen MR) is 104 cm³/mol. The van der Waals surface area contributed by atoms with Gasteiger partial charge in [0.25, 0.3) is 5.91 Å². The second-order valence-corrected chi connectivity index (χ2v) is 9.00. The topological polar surface area (TPSA) is 113 Å². The summed E-state index contributed by atoms with van der Waals surface area (Å²) in [5.74, 6) is -1.10. The van der Waals surface area contributed by atoms with Crippen LogP contribution in [0, 0.1) is 0 Å². The Hall–Kier alpha value is -1.97. The van der Waals surface area contributed by atoms with Crippen molar-refractivity contribution in [1.29, 1.82) is 0 Å². The number of carbonyl (C=O) groups is 2. The molecule has 9 heteroatoms. The summed E-state index contributed by atoms with van der Waals surface area (Å²) in [5.41, 5.74) is 0.383. The number of carboxylic acid groups (broad SMARTS) is 1. The van der Waals surface area contributed by atoms with Crippen LogP contribution in [0.25, 0.3) is 0 Å². The quantitative estimate of drug-likeness (QED) is 0.599. The molecule has 1 aromatic rings. The Labute approximate surface area is 165 Å². The summed E-state index contributed by atoms with van der Waals surface area (Å²) < 4.78 is 32.6. The van der Waals surface area contributed by atoms with E-state index in [0.717, 1.165) is 6.42 Å². The van der Waals surface area contributed by atoms with Crippen LogP contribution in [0.15, 0.2) is 29.2 Å². The summed E-state index contributed by atoms with van der Waals surface area (Å²) in [6.45, 7) is 4.73. The molecule has 1 fully saturated rings. The molecule has 1 amide bonds. The van der Waals surface area contributed by atoms with Crippen molar-refractivity contribution in [1.82, 2.24) is 9.62 Å². The molecule has 1 saturated heterocycles. The normalized spacial score (nSPS) is 20.6. The lowest BCUT2D eigenvalue weighted by molar-refractivity contribution is -0.137.